The van der Waals surface area contributed by atoms with Gasteiger partial charge in [-0.3, -0.25) is 9.69 Å². The highest BCUT2D eigenvalue weighted by molar-refractivity contribution is 6.13. The Hall–Kier alpha value is -3.35. The average molecular weight is 367 g/mol. The molecule has 1 aliphatic heterocycles. The number of amides is 3. The summed E-state index contributed by atoms with van der Waals surface area (Å²) in [5.41, 5.74) is 5.32. The first kappa shape index (κ1) is 18.4. The number of benzene rings is 1. The SMILES string of the molecule is COC(=O)c1ccc(-n2c(C)cc(/C=C3/NC(=O)N(C)C3=O)c2C)c(C)c1. The summed E-state index contributed by atoms with van der Waals surface area (Å²) in [4.78, 5) is 36.5. The van der Waals surface area contributed by atoms with Crippen molar-refractivity contribution < 1.29 is 19.1 Å². The Morgan fingerprint density at radius 3 is 2.41 bits per heavy atom. The number of hydrogen-bond acceptors (Lipinski definition) is 4. The second kappa shape index (κ2) is 6.75. The average Bonchev–Trinajstić information content (AvgIpc) is 3.05. The molecule has 27 heavy (non-hydrogen) atoms. The van der Waals surface area contributed by atoms with E-state index in [-0.39, 0.29) is 17.6 Å². The van der Waals surface area contributed by atoms with Crippen LogP contribution in [0.1, 0.15) is 32.9 Å². The zero-order valence-corrected chi connectivity index (χ0v) is 15.9. The van der Waals surface area contributed by atoms with Crippen LogP contribution in [0.15, 0.2) is 30.0 Å². The van der Waals surface area contributed by atoms with Crippen molar-refractivity contribution in [3.63, 3.8) is 0 Å². The Bertz CT molecular complexity index is 1000. The van der Waals surface area contributed by atoms with Gasteiger partial charge in [-0.05, 0) is 62.2 Å². The third kappa shape index (κ3) is 3.12. The van der Waals surface area contributed by atoms with Gasteiger partial charge in [0.25, 0.3) is 5.91 Å². The molecule has 1 aromatic carbocycles. The third-order valence-corrected chi connectivity index (χ3v) is 4.71. The number of carbonyl (C=O) groups excluding carboxylic acids is 3. The molecule has 1 aromatic heterocycles. The summed E-state index contributed by atoms with van der Waals surface area (Å²) >= 11 is 0. The van der Waals surface area contributed by atoms with Gasteiger partial charge in [-0.1, -0.05) is 0 Å². The van der Waals surface area contributed by atoms with E-state index in [0.29, 0.717) is 5.56 Å². The van der Waals surface area contributed by atoms with Gasteiger partial charge in [-0.25, -0.2) is 9.59 Å². The van der Waals surface area contributed by atoms with Crippen molar-refractivity contribution in [1.82, 2.24) is 14.8 Å². The molecule has 0 aliphatic carbocycles. The number of likely N-dealkylation sites (N-methyl/N-ethyl adjacent to an activating group) is 1. The Morgan fingerprint density at radius 2 is 1.85 bits per heavy atom. The van der Waals surface area contributed by atoms with E-state index in [2.05, 4.69) is 5.32 Å². The van der Waals surface area contributed by atoms with Gasteiger partial charge in [0, 0.05) is 24.1 Å². The maximum atomic E-state index is 12.1. The molecule has 7 nitrogen and oxygen atoms in total. The normalized spacial score (nSPS) is 15.4. The molecule has 2 aromatic rings. The topological polar surface area (TPSA) is 80.6 Å². The highest BCUT2D eigenvalue weighted by atomic mass is 16.5. The standard InChI is InChI=1S/C20H21N3O4/c1-11-8-14(19(25)27-5)6-7-17(11)23-12(2)9-15(13(23)3)10-16-18(24)22(4)20(26)21-16/h6-10H,1-5H3,(H,21,26)/b16-10+. The van der Waals surface area contributed by atoms with Gasteiger partial charge in [0.2, 0.25) is 0 Å². The number of nitrogens with one attached hydrogen (secondary N) is 1. The second-order valence-corrected chi connectivity index (χ2v) is 6.51. The summed E-state index contributed by atoms with van der Waals surface area (Å²) in [6, 6.07) is 6.89. The molecule has 3 amide bonds. The van der Waals surface area contributed by atoms with E-state index in [1.54, 1.807) is 18.2 Å². The molecule has 1 aliphatic rings. The number of carbonyl (C=O) groups is 3. The Kier molecular flexibility index (Phi) is 4.61. The van der Waals surface area contributed by atoms with E-state index in [1.807, 2.05) is 37.5 Å². The van der Waals surface area contributed by atoms with Crippen LogP contribution >= 0.6 is 0 Å². The zero-order valence-electron chi connectivity index (χ0n) is 15.9. The predicted octanol–water partition coefficient (Wildman–Crippen LogP) is 2.71. The second-order valence-electron chi connectivity index (χ2n) is 6.51. The monoisotopic (exact) mass is 367 g/mol. The molecule has 0 unspecified atom stereocenters. The van der Waals surface area contributed by atoms with Crippen LogP contribution < -0.4 is 5.32 Å². The number of aryl methyl sites for hydroxylation is 2. The summed E-state index contributed by atoms with van der Waals surface area (Å²) in [6.07, 6.45) is 1.68. The zero-order chi connectivity index (χ0) is 19.9. The van der Waals surface area contributed by atoms with E-state index in [1.165, 1.54) is 14.2 Å². The van der Waals surface area contributed by atoms with Gasteiger partial charge in [-0.2, -0.15) is 0 Å². The van der Waals surface area contributed by atoms with Crippen molar-refractivity contribution in [1.29, 1.82) is 0 Å². The number of ether oxygens (including phenoxy) is 1. The molecule has 140 valence electrons. The highest BCUT2D eigenvalue weighted by Gasteiger charge is 2.30. The number of imide groups is 1. The van der Waals surface area contributed by atoms with Crippen molar-refractivity contribution in [3.05, 3.63) is 58.0 Å². The quantitative estimate of drug-likeness (QED) is 0.514. The molecule has 1 saturated heterocycles. The Labute approximate surface area is 157 Å². The lowest BCUT2D eigenvalue weighted by atomic mass is 10.1. The van der Waals surface area contributed by atoms with Gasteiger partial charge >= 0.3 is 12.0 Å². The lowest BCUT2D eigenvalue weighted by Gasteiger charge is -2.14. The summed E-state index contributed by atoms with van der Waals surface area (Å²) in [7, 11) is 2.79. The number of esters is 1. The first-order valence-corrected chi connectivity index (χ1v) is 8.43. The minimum absolute atomic E-state index is 0.250. The van der Waals surface area contributed by atoms with Gasteiger partial charge in [0.1, 0.15) is 5.70 Å². The maximum Gasteiger partial charge on any atom is 0.337 e. The van der Waals surface area contributed by atoms with Crippen molar-refractivity contribution in [3.8, 4) is 5.69 Å². The minimum Gasteiger partial charge on any atom is -0.465 e. The van der Waals surface area contributed by atoms with Crippen molar-refractivity contribution >= 4 is 24.0 Å². The van der Waals surface area contributed by atoms with Gasteiger partial charge in [0.05, 0.1) is 12.7 Å². The highest BCUT2D eigenvalue weighted by Crippen LogP contribution is 2.26. The first-order valence-electron chi connectivity index (χ1n) is 8.43. The molecule has 1 fully saturated rings. The fraction of sp³-hybridized carbons (Fsp3) is 0.250. The summed E-state index contributed by atoms with van der Waals surface area (Å²) in [5.74, 6) is -0.737. The third-order valence-electron chi connectivity index (χ3n) is 4.71. The summed E-state index contributed by atoms with van der Waals surface area (Å²) < 4.78 is 6.82. The van der Waals surface area contributed by atoms with E-state index < -0.39 is 6.03 Å². The lowest BCUT2D eigenvalue weighted by Crippen LogP contribution is -2.25. The molecule has 7 heteroatoms. The van der Waals surface area contributed by atoms with Crippen LogP contribution in [-0.4, -0.2) is 41.5 Å². The summed E-state index contributed by atoms with van der Waals surface area (Å²) in [6.45, 7) is 5.83. The molecule has 1 N–H and O–H groups in total. The van der Waals surface area contributed by atoms with Crippen LogP contribution in [0.25, 0.3) is 11.8 Å². The molecule has 0 radical (unpaired) electrons. The van der Waals surface area contributed by atoms with Gasteiger partial charge in [0.15, 0.2) is 0 Å². The first-order chi connectivity index (χ1) is 12.7. The number of hydrogen-bond donors (Lipinski definition) is 1. The van der Waals surface area contributed by atoms with E-state index >= 15 is 0 Å². The number of methoxy groups -OCH3 is 1. The molecule has 0 atom stereocenters. The Balaban J connectivity index is 2.04. The molecule has 0 saturated carbocycles. The van der Waals surface area contributed by atoms with Crippen LogP contribution in [0.3, 0.4) is 0 Å². The molecular weight excluding hydrogens is 346 g/mol. The smallest absolute Gasteiger partial charge is 0.337 e. The molecule has 0 bridgehead atoms. The van der Waals surface area contributed by atoms with Crippen molar-refractivity contribution in [2.75, 3.05) is 14.2 Å². The lowest BCUT2D eigenvalue weighted by molar-refractivity contribution is -0.121. The van der Waals surface area contributed by atoms with Crippen LogP contribution in [0.4, 0.5) is 4.79 Å². The number of urea groups is 1. The maximum absolute atomic E-state index is 12.1. The molecule has 3 rings (SSSR count). The number of nitrogens with zero attached hydrogens (tertiary/aromatic N) is 2. The van der Waals surface area contributed by atoms with Crippen LogP contribution in [0.2, 0.25) is 0 Å². The minimum atomic E-state index is -0.436. The largest absolute Gasteiger partial charge is 0.465 e. The Morgan fingerprint density at radius 1 is 1.15 bits per heavy atom. The number of aromatic nitrogens is 1. The van der Waals surface area contributed by atoms with E-state index in [9.17, 15) is 14.4 Å². The van der Waals surface area contributed by atoms with Crippen molar-refractivity contribution in [2.45, 2.75) is 20.8 Å². The van der Waals surface area contributed by atoms with Gasteiger partial charge in [-0.15, -0.1) is 0 Å². The van der Waals surface area contributed by atoms with Crippen molar-refractivity contribution in [2.24, 2.45) is 0 Å². The van der Waals surface area contributed by atoms with E-state index in [0.717, 1.165) is 33.1 Å². The van der Waals surface area contributed by atoms with Crippen LogP contribution in [0, 0.1) is 20.8 Å². The predicted molar refractivity (Wildman–Crippen MR) is 101 cm³/mol. The fourth-order valence-electron chi connectivity index (χ4n) is 3.23. The van der Waals surface area contributed by atoms with Crippen LogP contribution in [-0.2, 0) is 9.53 Å². The van der Waals surface area contributed by atoms with E-state index in [4.69, 9.17) is 4.74 Å². The summed E-state index contributed by atoms with van der Waals surface area (Å²) in [5, 5.41) is 2.57. The molecular formula is C20H21N3O4. The number of rotatable bonds is 3. The van der Waals surface area contributed by atoms with Crippen LogP contribution in [0.5, 0.6) is 0 Å². The molecule has 2 heterocycles. The fourth-order valence-corrected chi connectivity index (χ4v) is 3.23. The van der Waals surface area contributed by atoms with Gasteiger partial charge < -0.3 is 14.6 Å². The molecule has 0 spiro atoms.